The van der Waals surface area contributed by atoms with Gasteiger partial charge in [0.2, 0.25) is 11.8 Å². The summed E-state index contributed by atoms with van der Waals surface area (Å²) in [4.78, 5) is 48.2. The summed E-state index contributed by atoms with van der Waals surface area (Å²) in [6.45, 7) is 6.23. The number of hydrogen-bond donors (Lipinski definition) is 3. The van der Waals surface area contributed by atoms with Crippen LogP contribution in [0.2, 0.25) is 5.02 Å². The molecule has 0 saturated carbocycles. The van der Waals surface area contributed by atoms with Gasteiger partial charge in [-0.2, -0.15) is 13.2 Å². The van der Waals surface area contributed by atoms with Gasteiger partial charge in [0.15, 0.2) is 0 Å². The van der Waals surface area contributed by atoms with Crippen molar-refractivity contribution in [1.29, 1.82) is 0 Å². The summed E-state index contributed by atoms with van der Waals surface area (Å²) < 4.78 is 41.3. The number of alkyl halides is 3. The first-order valence-electron chi connectivity index (χ1n) is 16.3. The van der Waals surface area contributed by atoms with E-state index in [-0.39, 0.29) is 47.3 Å². The van der Waals surface area contributed by atoms with Crippen molar-refractivity contribution in [3.63, 3.8) is 0 Å². The monoisotopic (exact) mass is 695 g/mol. The van der Waals surface area contributed by atoms with Crippen LogP contribution >= 0.6 is 22.9 Å². The van der Waals surface area contributed by atoms with Gasteiger partial charge in [-0.3, -0.25) is 14.5 Å². The molecule has 4 N–H and O–H groups in total. The number of likely N-dealkylation sites (tertiary alicyclic amines) is 2. The third kappa shape index (κ3) is 7.65. The van der Waals surface area contributed by atoms with Crippen LogP contribution in [-0.4, -0.2) is 102 Å². The number of halogens is 4. The van der Waals surface area contributed by atoms with Gasteiger partial charge in [0.25, 0.3) is 0 Å². The number of benzene rings is 1. The van der Waals surface area contributed by atoms with Gasteiger partial charge in [-0.15, -0.1) is 11.3 Å². The van der Waals surface area contributed by atoms with Gasteiger partial charge in [-0.1, -0.05) is 11.6 Å². The number of anilines is 2. The van der Waals surface area contributed by atoms with Crippen molar-refractivity contribution in [1.82, 2.24) is 24.9 Å². The number of rotatable bonds is 7. The number of piperidine rings is 2. The van der Waals surface area contributed by atoms with Crippen LogP contribution in [0.5, 0.6) is 0 Å². The fourth-order valence-electron chi connectivity index (χ4n) is 7.37. The van der Waals surface area contributed by atoms with E-state index in [2.05, 4.69) is 15.5 Å². The number of nitrogens with two attached hydrogens (primary N) is 1. The maximum absolute atomic E-state index is 14.0. The Bertz CT molecular complexity index is 1470. The number of carbonyl (C=O) groups excluding carboxylic acids is 3. The van der Waals surface area contributed by atoms with E-state index in [4.69, 9.17) is 17.3 Å². The average Bonchev–Trinajstić information content (AvgIpc) is 3.52. The van der Waals surface area contributed by atoms with Gasteiger partial charge < -0.3 is 31.1 Å². The fourth-order valence-corrected chi connectivity index (χ4v) is 8.40. The van der Waals surface area contributed by atoms with Gasteiger partial charge in [0.05, 0.1) is 34.4 Å². The lowest BCUT2D eigenvalue weighted by atomic mass is 9.91. The van der Waals surface area contributed by atoms with Crippen LogP contribution in [0.15, 0.2) is 22.9 Å². The number of urea groups is 1. The number of fused-ring (bicyclic) bond motifs is 1. The predicted molar refractivity (Wildman–Crippen MR) is 175 cm³/mol. The minimum absolute atomic E-state index is 0.0285. The lowest BCUT2D eigenvalue weighted by molar-refractivity contribution is -0.143. The summed E-state index contributed by atoms with van der Waals surface area (Å²) in [6, 6.07) is 2.51. The minimum atomic E-state index is -4.72. The van der Waals surface area contributed by atoms with Crippen LogP contribution in [0.4, 0.5) is 29.3 Å². The Labute approximate surface area is 281 Å². The highest BCUT2D eigenvalue weighted by Crippen LogP contribution is 2.39. The van der Waals surface area contributed by atoms with Crippen molar-refractivity contribution in [3.8, 4) is 0 Å². The molecule has 6 rings (SSSR count). The summed E-state index contributed by atoms with van der Waals surface area (Å²) in [5.41, 5.74) is 6.19. The quantitative estimate of drug-likeness (QED) is 0.368. The van der Waals surface area contributed by atoms with Gasteiger partial charge >= 0.3 is 12.2 Å². The van der Waals surface area contributed by atoms with Crippen LogP contribution in [0.3, 0.4) is 0 Å². The SMILES string of the molecule is Nc1c(Cl)cc(C[C@@H](CC(=O)N2CCC(N3Cc4cscc4NC3=O)CC2)C(=O)N2CCC(N3CCNCC3)CC2)cc1C(F)(F)F. The van der Waals surface area contributed by atoms with Gasteiger partial charge in [0.1, 0.15) is 0 Å². The van der Waals surface area contributed by atoms with E-state index in [1.807, 2.05) is 15.7 Å². The van der Waals surface area contributed by atoms with Crippen molar-refractivity contribution < 1.29 is 27.6 Å². The second-order valence-electron chi connectivity index (χ2n) is 13.0. The Morgan fingerprint density at radius 3 is 2.32 bits per heavy atom. The first-order valence-corrected chi connectivity index (χ1v) is 17.6. The van der Waals surface area contributed by atoms with E-state index in [0.29, 0.717) is 51.6 Å². The zero-order chi connectivity index (χ0) is 33.3. The zero-order valence-electron chi connectivity index (χ0n) is 26.2. The van der Waals surface area contributed by atoms with E-state index in [9.17, 15) is 27.6 Å². The molecule has 0 spiro atoms. The molecule has 3 fully saturated rings. The predicted octanol–water partition coefficient (Wildman–Crippen LogP) is 4.49. The molecule has 47 heavy (non-hydrogen) atoms. The number of nitrogens with zero attached hydrogens (tertiary/aromatic N) is 4. The molecule has 256 valence electrons. The molecule has 1 aromatic carbocycles. The number of carbonyl (C=O) groups is 3. The maximum atomic E-state index is 14.0. The molecule has 4 amide bonds. The molecular weight excluding hydrogens is 655 g/mol. The van der Waals surface area contributed by atoms with Crippen LogP contribution in [0.25, 0.3) is 0 Å². The summed E-state index contributed by atoms with van der Waals surface area (Å²) in [6.07, 6.45) is -2.11. The highest BCUT2D eigenvalue weighted by Gasteiger charge is 2.38. The van der Waals surface area contributed by atoms with Gasteiger partial charge in [-0.05, 0) is 55.2 Å². The average molecular weight is 696 g/mol. The van der Waals surface area contributed by atoms with E-state index < -0.39 is 23.3 Å². The summed E-state index contributed by atoms with van der Waals surface area (Å²) in [5, 5.41) is 10.0. The summed E-state index contributed by atoms with van der Waals surface area (Å²) in [7, 11) is 0. The Hall–Kier alpha value is -3.07. The second kappa shape index (κ2) is 14.2. The molecule has 0 bridgehead atoms. The minimum Gasteiger partial charge on any atom is -0.397 e. The topological polar surface area (TPSA) is 114 Å². The molecule has 4 aliphatic heterocycles. The van der Waals surface area contributed by atoms with Crippen molar-refractivity contribution in [2.24, 2.45) is 5.92 Å². The zero-order valence-corrected chi connectivity index (χ0v) is 27.7. The smallest absolute Gasteiger partial charge is 0.397 e. The highest BCUT2D eigenvalue weighted by molar-refractivity contribution is 7.08. The van der Waals surface area contributed by atoms with E-state index >= 15 is 0 Å². The van der Waals surface area contributed by atoms with Crippen molar-refractivity contribution in [3.05, 3.63) is 44.6 Å². The molecule has 2 aromatic rings. The number of nitrogen functional groups attached to an aromatic ring is 1. The summed E-state index contributed by atoms with van der Waals surface area (Å²) in [5.74, 6) is -1.31. The molecule has 10 nitrogen and oxygen atoms in total. The van der Waals surface area contributed by atoms with Gasteiger partial charge in [0, 0.05) is 81.8 Å². The third-order valence-electron chi connectivity index (χ3n) is 10.0. The molecule has 0 radical (unpaired) electrons. The second-order valence-corrected chi connectivity index (χ2v) is 14.1. The lowest BCUT2D eigenvalue weighted by Crippen LogP contribution is -2.53. The van der Waals surface area contributed by atoms with E-state index in [1.54, 1.807) is 9.80 Å². The highest BCUT2D eigenvalue weighted by atomic mass is 35.5. The number of thiophene rings is 1. The number of amides is 4. The van der Waals surface area contributed by atoms with E-state index in [0.717, 1.165) is 56.3 Å². The largest absolute Gasteiger partial charge is 0.418 e. The fraction of sp³-hybridized carbons (Fsp3) is 0.594. The molecule has 0 unspecified atom stereocenters. The van der Waals surface area contributed by atoms with Gasteiger partial charge in [-0.25, -0.2) is 4.79 Å². The van der Waals surface area contributed by atoms with Crippen molar-refractivity contribution in [2.45, 2.75) is 63.3 Å². The van der Waals surface area contributed by atoms with Crippen LogP contribution < -0.4 is 16.4 Å². The molecule has 15 heteroatoms. The van der Waals surface area contributed by atoms with Crippen LogP contribution in [-0.2, 0) is 28.7 Å². The first kappa shape index (κ1) is 33.8. The first-order chi connectivity index (χ1) is 22.5. The Morgan fingerprint density at radius 1 is 0.979 bits per heavy atom. The van der Waals surface area contributed by atoms with Crippen molar-refractivity contribution in [2.75, 3.05) is 63.4 Å². The Kier molecular flexibility index (Phi) is 10.2. The molecule has 0 aliphatic carbocycles. The molecule has 5 heterocycles. The van der Waals surface area contributed by atoms with Crippen LogP contribution in [0, 0.1) is 5.92 Å². The number of nitrogens with one attached hydrogen (secondary N) is 2. The standard InChI is InChI=1S/C32H41ClF3N7O3S/c33-26-15-20(14-25(29(26)37)32(34,35)36)13-21(30(45)42-9-1-23(2-10-42)40-11-5-38-6-12-40)16-28(44)41-7-3-24(4-8-41)43-17-22-18-47-19-27(22)39-31(43)46/h14-15,18-19,21,23-24,38H,1-13,16-17,37H2,(H,39,46)/t21-/m0/s1. The molecule has 3 saturated heterocycles. The maximum Gasteiger partial charge on any atom is 0.418 e. The number of piperazine rings is 1. The number of hydrogen-bond acceptors (Lipinski definition) is 7. The molecule has 4 aliphatic rings. The van der Waals surface area contributed by atoms with Crippen molar-refractivity contribution >= 4 is 52.2 Å². The molecular formula is C32H41ClF3N7O3S. The third-order valence-corrected chi connectivity index (χ3v) is 11.1. The molecule has 1 atom stereocenters. The van der Waals surface area contributed by atoms with E-state index in [1.165, 1.54) is 17.4 Å². The summed E-state index contributed by atoms with van der Waals surface area (Å²) >= 11 is 7.67. The normalized spacial score (nSPS) is 21.0. The molecule has 1 aromatic heterocycles. The lowest BCUT2D eigenvalue weighted by Gasteiger charge is -2.41. The Morgan fingerprint density at radius 2 is 1.64 bits per heavy atom. The Balaban J connectivity index is 1.13. The van der Waals surface area contributed by atoms with Crippen LogP contribution in [0.1, 0.15) is 48.8 Å².